The highest BCUT2D eigenvalue weighted by molar-refractivity contribution is 6.04. The molecule has 26 heavy (non-hydrogen) atoms. The number of morpholine rings is 1. The molecule has 2 aromatic rings. The predicted molar refractivity (Wildman–Crippen MR) is 97.7 cm³/mol. The van der Waals surface area contributed by atoms with Gasteiger partial charge in [-0.25, -0.2) is 0 Å². The number of nitrogens with zero attached hydrogens (tertiary/aromatic N) is 1. The summed E-state index contributed by atoms with van der Waals surface area (Å²) in [7, 11) is 0. The molecule has 1 fully saturated rings. The average Bonchev–Trinajstić information content (AvgIpc) is 3.20. The summed E-state index contributed by atoms with van der Waals surface area (Å²) < 4.78 is 10.5. The second-order valence-corrected chi connectivity index (χ2v) is 5.71. The highest BCUT2D eigenvalue weighted by atomic mass is 16.5. The molecule has 6 heteroatoms. The van der Waals surface area contributed by atoms with E-state index in [9.17, 15) is 9.59 Å². The molecule has 0 aliphatic carbocycles. The van der Waals surface area contributed by atoms with Crippen LogP contribution in [0.15, 0.2) is 64.9 Å². The van der Waals surface area contributed by atoms with Crippen LogP contribution in [-0.4, -0.2) is 43.0 Å². The number of carbonyl (C=O) groups is 2. The van der Waals surface area contributed by atoms with Crippen LogP contribution in [0.1, 0.15) is 11.3 Å². The summed E-state index contributed by atoms with van der Waals surface area (Å²) in [5.74, 6) is -0.145. The zero-order chi connectivity index (χ0) is 18.2. The number of furan rings is 1. The van der Waals surface area contributed by atoms with Crippen LogP contribution in [0.2, 0.25) is 0 Å². The van der Waals surface area contributed by atoms with Gasteiger partial charge in [0.25, 0.3) is 5.91 Å². The van der Waals surface area contributed by atoms with E-state index in [1.54, 1.807) is 23.1 Å². The molecule has 1 aliphatic heterocycles. The van der Waals surface area contributed by atoms with Gasteiger partial charge in [-0.1, -0.05) is 30.3 Å². The van der Waals surface area contributed by atoms with E-state index in [1.807, 2.05) is 30.3 Å². The van der Waals surface area contributed by atoms with Gasteiger partial charge in [-0.15, -0.1) is 0 Å². The molecule has 0 radical (unpaired) electrons. The standard InChI is InChI=1S/C20H20N2O4/c23-19(9-8-16-5-2-1-3-6-16)21-18(15-17-7-4-12-26-17)20(24)22-10-13-25-14-11-22/h1-9,12,15H,10-11,13-14H2,(H,21,23)/b9-8+,18-15-. The molecule has 1 aromatic heterocycles. The van der Waals surface area contributed by atoms with Crippen LogP contribution in [0.4, 0.5) is 0 Å². The Bertz CT molecular complexity index is 788. The Morgan fingerprint density at radius 3 is 2.50 bits per heavy atom. The summed E-state index contributed by atoms with van der Waals surface area (Å²) in [6.07, 6.45) is 6.14. The fraction of sp³-hybridized carbons (Fsp3) is 0.200. The van der Waals surface area contributed by atoms with Crippen LogP contribution in [0, 0.1) is 0 Å². The minimum Gasteiger partial charge on any atom is -0.465 e. The van der Waals surface area contributed by atoms with Crippen LogP contribution >= 0.6 is 0 Å². The fourth-order valence-corrected chi connectivity index (χ4v) is 2.51. The zero-order valence-corrected chi connectivity index (χ0v) is 14.3. The molecule has 0 saturated carbocycles. The summed E-state index contributed by atoms with van der Waals surface area (Å²) in [5.41, 5.74) is 1.07. The highest BCUT2D eigenvalue weighted by Crippen LogP contribution is 2.10. The van der Waals surface area contributed by atoms with Crippen LogP contribution in [0.25, 0.3) is 12.2 Å². The highest BCUT2D eigenvalue weighted by Gasteiger charge is 2.22. The lowest BCUT2D eigenvalue weighted by Gasteiger charge is -2.27. The summed E-state index contributed by atoms with van der Waals surface area (Å²) in [6.45, 7) is 1.96. The van der Waals surface area contributed by atoms with Crippen molar-refractivity contribution in [2.24, 2.45) is 0 Å². The molecule has 134 valence electrons. The van der Waals surface area contributed by atoms with E-state index >= 15 is 0 Å². The maximum absolute atomic E-state index is 12.8. The molecule has 2 amide bonds. The largest absolute Gasteiger partial charge is 0.465 e. The van der Waals surface area contributed by atoms with Gasteiger partial charge in [-0.05, 0) is 23.8 Å². The number of benzene rings is 1. The monoisotopic (exact) mass is 352 g/mol. The Labute approximate surface area is 151 Å². The average molecular weight is 352 g/mol. The molecule has 2 heterocycles. The number of ether oxygens (including phenoxy) is 1. The molecule has 0 atom stereocenters. The maximum atomic E-state index is 12.8. The van der Waals surface area contributed by atoms with Crippen molar-refractivity contribution in [3.63, 3.8) is 0 Å². The molecule has 1 saturated heterocycles. The molecule has 1 aliphatic rings. The van der Waals surface area contributed by atoms with Crippen LogP contribution < -0.4 is 5.32 Å². The van der Waals surface area contributed by atoms with E-state index in [2.05, 4.69) is 5.32 Å². The number of hydrogen-bond donors (Lipinski definition) is 1. The van der Waals surface area contributed by atoms with Crippen LogP contribution in [0.3, 0.4) is 0 Å². The third kappa shape index (κ3) is 4.94. The van der Waals surface area contributed by atoms with E-state index < -0.39 is 0 Å². The van der Waals surface area contributed by atoms with Crippen molar-refractivity contribution in [3.05, 3.63) is 71.8 Å². The molecule has 0 bridgehead atoms. The van der Waals surface area contributed by atoms with Crippen molar-refractivity contribution in [3.8, 4) is 0 Å². The van der Waals surface area contributed by atoms with Crippen LogP contribution in [0.5, 0.6) is 0 Å². The fourth-order valence-electron chi connectivity index (χ4n) is 2.51. The van der Waals surface area contributed by atoms with E-state index in [1.165, 1.54) is 18.4 Å². The number of nitrogens with one attached hydrogen (secondary N) is 1. The first-order valence-corrected chi connectivity index (χ1v) is 8.39. The minimum absolute atomic E-state index is 0.171. The Morgan fingerprint density at radius 2 is 1.81 bits per heavy atom. The SMILES string of the molecule is O=C(/C=C/c1ccccc1)N/C(=C\c1ccco1)C(=O)N1CCOCC1. The van der Waals surface area contributed by atoms with Gasteiger partial charge in [0, 0.05) is 25.2 Å². The summed E-state index contributed by atoms with van der Waals surface area (Å²) >= 11 is 0. The van der Waals surface area contributed by atoms with E-state index in [4.69, 9.17) is 9.15 Å². The molecule has 0 unspecified atom stereocenters. The van der Waals surface area contributed by atoms with Crippen molar-refractivity contribution in [1.82, 2.24) is 10.2 Å². The van der Waals surface area contributed by atoms with Crippen LogP contribution in [-0.2, 0) is 14.3 Å². The molecule has 6 nitrogen and oxygen atoms in total. The molecular formula is C20H20N2O4. The van der Waals surface area contributed by atoms with Crippen molar-refractivity contribution in [2.45, 2.75) is 0 Å². The van der Waals surface area contributed by atoms with Gasteiger partial charge in [-0.2, -0.15) is 0 Å². The van der Waals surface area contributed by atoms with Gasteiger partial charge in [-0.3, -0.25) is 9.59 Å². The number of hydrogen-bond acceptors (Lipinski definition) is 4. The summed E-state index contributed by atoms with van der Waals surface area (Å²) in [6, 6.07) is 12.9. The Hall–Kier alpha value is -3.12. The molecular weight excluding hydrogens is 332 g/mol. The lowest BCUT2D eigenvalue weighted by Crippen LogP contribution is -2.44. The Balaban J connectivity index is 1.74. The normalized spacial score (nSPS) is 15.2. The van der Waals surface area contributed by atoms with E-state index in [0.29, 0.717) is 32.1 Å². The first-order chi connectivity index (χ1) is 12.7. The third-order valence-corrected chi connectivity index (χ3v) is 3.84. The number of rotatable bonds is 5. The van der Waals surface area contributed by atoms with Gasteiger partial charge in [0.1, 0.15) is 11.5 Å². The lowest BCUT2D eigenvalue weighted by atomic mass is 10.2. The Morgan fingerprint density at radius 1 is 1.04 bits per heavy atom. The maximum Gasteiger partial charge on any atom is 0.270 e. The third-order valence-electron chi connectivity index (χ3n) is 3.84. The van der Waals surface area contributed by atoms with E-state index in [-0.39, 0.29) is 17.5 Å². The van der Waals surface area contributed by atoms with Crippen molar-refractivity contribution < 1.29 is 18.7 Å². The zero-order valence-electron chi connectivity index (χ0n) is 14.3. The van der Waals surface area contributed by atoms with E-state index in [0.717, 1.165) is 5.56 Å². The second kappa shape index (κ2) is 8.82. The first-order valence-electron chi connectivity index (χ1n) is 8.39. The molecule has 0 spiro atoms. The molecule has 3 rings (SSSR count). The topological polar surface area (TPSA) is 71.8 Å². The molecule has 1 N–H and O–H groups in total. The van der Waals surface area contributed by atoms with Gasteiger partial charge < -0.3 is 19.4 Å². The number of amides is 2. The number of carbonyl (C=O) groups excluding carboxylic acids is 2. The first kappa shape index (κ1) is 17.7. The minimum atomic E-state index is -0.381. The van der Waals surface area contributed by atoms with Gasteiger partial charge >= 0.3 is 0 Å². The van der Waals surface area contributed by atoms with Crippen molar-refractivity contribution >= 4 is 24.0 Å². The van der Waals surface area contributed by atoms with Crippen molar-refractivity contribution in [1.29, 1.82) is 0 Å². The van der Waals surface area contributed by atoms with Gasteiger partial charge in [0.05, 0.1) is 19.5 Å². The molecule has 1 aromatic carbocycles. The smallest absolute Gasteiger partial charge is 0.270 e. The summed E-state index contributed by atoms with van der Waals surface area (Å²) in [4.78, 5) is 26.7. The lowest BCUT2D eigenvalue weighted by molar-refractivity contribution is -0.132. The van der Waals surface area contributed by atoms with Crippen molar-refractivity contribution in [2.75, 3.05) is 26.3 Å². The Kier molecular flexibility index (Phi) is 6.01. The quantitative estimate of drug-likeness (QED) is 0.838. The second-order valence-electron chi connectivity index (χ2n) is 5.71. The van der Waals surface area contributed by atoms with Gasteiger partial charge in [0.15, 0.2) is 0 Å². The summed E-state index contributed by atoms with van der Waals surface area (Å²) in [5, 5.41) is 2.67. The predicted octanol–water partition coefficient (Wildman–Crippen LogP) is 2.31. The van der Waals surface area contributed by atoms with Gasteiger partial charge in [0.2, 0.25) is 5.91 Å².